The van der Waals surface area contributed by atoms with E-state index in [1.54, 1.807) is 0 Å². The highest BCUT2D eigenvalue weighted by Crippen LogP contribution is 2.11. The third-order valence-electron chi connectivity index (χ3n) is 6.07. The number of para-hydroxylation sites is 1. The average molecular weight is 585 g/mol. The zero-order valence-corrected chi connectivity index (χ0v) is 25.5. The molecule has 0 radical (unpaired) electrons. The van der Waals surface area contributed by atoms with Gasteiger partial charge in [0.25, 0.3) is 0 Å². The van der Waals surface area contributed by atoms with Gasteiger partial charge in [-0.3, -0.25) is 4.79 Å². The van der Waals surface area contributed by atoms with Gasteiger partial charge in [0.2, 0.25) is 0 Å². The third-order valence-corrected chi connectivity index (χ3v) is 6.07. The largest absolute Gasteiger partial charge is 0.491 e. The Labute approximate surface area is 248 Å². The van der Waals surface area contributed by atoms with Gasteiger partial charge in [0.1, 0.15) is 19.0 Å². The van der Waals surface area contributed by atoms with Crippen molar-refractivity contribution in [3.63, 3.8) is 0 Å². The summed E-state index contributed by atoms with van der Waals surface area (Å²) in [5.74, 6) is 0.713. The van der Waals surface area contributed by atoms with Crippen molar-refractivity contribution in [1.82, 2.24) is 0 Å². The fourth-order valence-corrected chi connectivity index (χ4v) is 3.80. The molecule has 0 aliphatic heterocycles. The van der Waals surface area contributed by atoms with E-state index in [1.165, 1.54) is 44.9 Å². The zero-order chi connectivity index (χ0) is 29.3. The lowest BCUT2D eigenvalue weighted by atomic mass is 10.1. The first-order valence-corrected chi connectivity index (χ1v) is 15.6. The quantitative estimate of drug-likeness (QED) is 0.0789. The normalized spacial score (nSPS) is 11.1. The standard InChI is InChI=1S/C32H56O9/c1-2-3-4-5-6-7-8-9-13-16-32(33)41-30-28-39-26-24-37-22-20-35-18-17-34-19-21-36-23-25-38-27-29-40-31-14-11-10-12-15-31/h10-12,14-15H,2-9,13,16-30H2,1H3. The monoisotopic (exact) mass is 584 g/mol. The molecule has 0 atom stereocenters. The number of esters is 1. The highest BCUT2D eigenvalue weighted by molar-refractivity contribution is 5.69. The Morgan fingerprint density at radius 1 is 0.488 bits per heavy atom. The van der Waals surface area contributed by atoms with Crippen LogP contribution in [0.15, 0.2) is 30.3 Å². The van der Waals surface area contributed by atoms with Crippen molar-refractivity contribution in [2.75, 3.05) is 92.5 Å². The van der Waals surface area contributed by atoms with Crippen LogP contribution in [0.2, 0.25) is 0 Å². The second kappa shape index (κ2) is 31.2. The average Bonchev–Trinajstić information content (AvgIpc) is 2.99. The Morgan fingerprint density at radius 3 is 1.34 bits per heavy atom. The summed E-state index contributed by atoms with van der Waals surface area (Å²) in [6.45, 7) is 9.02. The van der Waals surface area contributed by atoms with Gasteiger partial charge in [-0.15, -0.1) is 0 Å². The second-order valence-corrected chi connectivity index (χ2v) is 9.63. The van der Waals surface area contributed by atoms with E-state index >= 15 is 0 Å². The number of hydrogen-bond acceptors (Lipinski definition) is 9. The van der Waals surface area contributed by atoms with E-state index in [-0.39, 0.29) is 5.97 Å². The Balaban J connectivity index is 1.66. The molecule has 1 rings (SSSR count). The van der Waals surface area contributed by atoms with E-state index in [9.17, 15) is 4.79 Å². The van der Waals surface area contributed by atoms with Crippen molar-refractivity contribution in [1.29, 1.82) is 0 Å². The van der Waals surface area contributed by atoms with Crippen LogP contribution < -0.4 is 4.74 Å². The molecule has 0 saturated heterocycles. The van der Waals surface area contributed by atoms with Crippen molar-refractivity contribution in [2.24, 2.45) is 0 Å². The summed E-state index contributed by atoms with van der Waals surface area (Å²) in [6.07, 6.45) is 11.6. The zero-order valence-electron chi connectivity index (χ0n) is 25.5. The number of rotatable bonds is 32. The first-order valence-electron chi connectivity index (χ1n) is 15.6. The van der Waals surface area contributed by atoms with Crippen LogP contribution in [-0.4, -0.2) is 98.5 Å². The summed E-state index contributed by atoms with van der Waals surface area (Å²) >= 11 is 0. The Hall–Kier alpha value is -1.75. The van der Waals surface area contributed by atoms with Gasteiger partial charge in [0.05, 0.1) is 79.3 Å². The van der Waals surface area contributed by atoms with E-state index in [0.717, 1.165) is 18.6 Å². The van der Waals surface area contributed by atoms with Crippen LogP contribution in [-0.2, 0) is 38.0 Å². The molecule has 0 bridgehead atoms. The highest BCUT2D eigenvalue weighted by Gasteiger charge is 2.03. The molecule has 0 aromatic heterocycles. The molecule has 0 spiro atoms. The van der Waals surface area contributed by atoms with Crippen molar-refractivity contribution in [2.45, 2.75) is 71.1 Å². The molecule has 9 nitrogen and oxygen atoms in total. The summed E-state index contributed by atoms with van der Waals surface area (Å²) in [7, 11) is 0. The fraction of sp³-hybridized carbons (Fsp3) is 0.781. The molecule has 1 aromatic carbocycles. The van der Waals surface area contributed by atoms with Gasteiger partial charge in [0.15, 0.2) is 0 Å². The summed E-state index contributed by atoms with van der Waals surface area (Å²) in [5.41, 5.74) is 0. The molecular weight excluding hydrogens is 528 g/mol. The molecule has 0 fully saturated rings. The molecule has 0 amide bonds. The predicted molar refractivity (Wildman–Crippen MR) is 160 cm³/mol. The van der Waals surface area contributed by atoms with Gasteiger partial charge in [-0.1, -0.05) is 76.5 Å². The Kier molecular flexibility index (Phi) is 28.4. The molecule has 0 aliphatic rings. The number of hydrogen-bond donors (Lipinski definition) is 0. The molecule has 0 aliphatic carbocycles. The maximum Gasteiger partial charge on any atom is 0.305 e. The third kappa shape index (κ3) is 28.2. The van der Waals surface area contributed by atoms with Crippen LogP contribution in [0.5, 0.6) is 5.75 Å². The minimum absolute atomic E-state index is 0.132. The molecule has 1 aromatic rings. The van der Waals surface area contributed by atoms with Crippen LogP contribution in [0.1, 0.15) is 71.1 Å². The Morgan fingerprint density at radius 2 is 0.878 bits per heavy atom. The molecule has 0 saturated carbocycles. The van der Waals surface area contributed by atoms with E-state index in [2.05, 4.69) is 6.92 Å². The lowest BCUT2D eigenvalue weighted by Gasteiger charge is -2.09. The Bertz CT molecular complexity index is 660. The molecule has 41 heavy (non-hydrogen) atoms. The molecular formula is C32H56O9. The van der Waals surface area contributed by atoms with Crippen LogP contribution >= 0.6 is 0 Å². The van der Waals surface area contributed by atoms with Crippen LogP contribution in [0.25, 0.3) is 0 Å². The van der Waals surface area contributed by atoms with Gasteiger partial charge in [0, 0.05) is 6.42 Å². The topological polar surface area (TPSA) is 90.9 Å². The number of unbranched alkanes of at least 4 members (excludes halogenated alkanes) is 8. The van der Waals surface area contributed by atoms with Gasteiger partial charge >= 0.3 is 5.97 Å². The number of carbonyl (C=O) groups excluding carboxylic acids is 1. The minimum atomic E-state index is -0.132. The molecule has 9 heteroatoms. The molecule has 0 heterocycles. The predicted octanol–water partition coefficient (Wildman–Crippen LogP) is 5.63. The van der Waals surface area contributed by atoms with Crippen molar-refractivity contribution >= 4 is 5.97 Å². The summed E-state index contributed by atoms with van der Waals surface area (Å²) in [6, 6.07) is 9.67. The van der Waals surface area contributed by atoms with Gasteiger partial charge in [-0.2, -0.15) is 0 Å². The lowest BCUT2D eigenvalue weighted by Crippen LogP contribution is -2.15. The molecule has 0 unspecified atom stereocenters. The minimum Gasteiger partial charge on any atom is -0.491 e. The first-order chi connectivity index (χ1) is 20.3. The van der Waals surface area contributed by atoms with Crippen molar-refractivity contribution in [3.8, 4) is 5.75 Å². The summed E-state index contributed by atoms with van der Waals surface area (Å²) < 4.78 is 43.5. The lowest BCUT2D eigenvalue weighted by molar-refractivity contribution is -0.145. The van der Waals surface area contributed by atoms with Crippen LogP contribution in [0, 0.1) is 0 Å². The van der Waals surface area contributed by atoms with E-state index < -0.39 is 0 Å². The summed E-state index contributed by atoms with van der Waals surface area (Å²) in [5, 5.41) is 0. The molecule has 0 N–H and O–H groups in total. The van der Waals surface area contributed by atoms with Crippen molar-refractivity contribution in [3.05, 3.63) is 30.3 Å². The fourth-order valence-electron chi connectivity index (χ4n) is 3.80. The van der Waals surface area contributed by atoms with Gasteiger partial charge in [-0.05, 0) is 18.6 Å². The highest BCUT2D eigenvalue weighted by atomic mass is 16.6. The SMILES string of the molecule is CCCCCCCCCCCC(=O)OCCOCCOCCOCCOCCOCCOCCOc1ccccc1. The number of ether oxygens (including phenoxy) is 8. The van der Waals surface area contributed by atoms with Gasteiger partial charge < -0.3 is 37.9 Å². The van der Waals surface area contributed by atoms with Crippen molar-refractivity contribution < 1.29 is 42.7 Å². The van der Waals surface area contributed by atoms with Crippen LogP contribution in [0.4, 0.5) is 0 Å². The maximum absolute atomic E-state index is 11.7. The summed E-state index contributed by atoms with van der Waals surface area (Å²) in [4.78, 5) is 11.7. The second-order valence-electron chi connectivity index (χ2n) is 9.63. The van der Waals surface area contributed by atoms with E-state index in [0.29, 0.717) is 98.9 Å². The number of carbonyl (C=O) groups is 1. The van der Waals surface area contributed by atoms with E-state index in [4.69, 9.17) is 37.9 Å². The van der Waals surface area contributed by atoms with E-state index in [1.807, 2.05) is 30.3 Å². The maximum atomic E-state index is 11.7. The smallest absolute Gasteiger partial charge is 0.305 e. The van der Waals surface area contributed by atoms with Gasteiger partial charge in [-0.25, -0.2) is 0 Å². The van der Waals surface area contributed by atoms with Crippen LogP contribution in [0.3, 0.4) is 0 Å². The number of benzene rings is 1. The first kappa shape index (κ1) is 37.3. The molecule has 238 valence electrons.